The number of carbonyl (C=O) groups is 3. The molecule has 8 heteroatoms. The summed E-state index contributed by atoms with van der Waals surface area (Å²) in [6.45, 7) is 4.29. The van der Waals surface area contributed by atoms with E-state index in [2.05, 4.69) is 10.6 Å². The molecule has 0 fully saturated rings. The molecule has 0 bridgehead atoms. The molecule has 0 saturated heterocycles. The monoisotopic (exact) mass is 406 g/mol. The minimum Gasteiger partial charge on any atom is -0.480 e. The lowest BCUT2D eigenvalue weighted by Crippen LogP contribution is -2.55. The van der Waals surface area contributed by atoms with Gasteiger partial charge in [0.25, 0.3) is 0 Å². The summed E-state index contributed by atoms with van der Waals surface area (Å²) in [6, 6.07) is 6.53. The Bertz CT molecular complexity index is 651. The van der Waals surface area contributed by atoms with Gasteiger partial charge in [0.15, 0.2) is 0 Å². The summed E-state index contributed by atoms with van der Waals surface area (Å²) in [5.74, 6) is -1.98. The van der Waals surface area contributed by atoms with Crippen LogP contribution >= 0.6 is 0 Å². The second kappa shape index (κ2) is 12.9. The maximum Gasteiger partial charge on any atom is 0.326 e. The number of carbonyl (C=O) groups excluding carboxylic acids is 2. The van der Waals surface area contributed by atoms with Gasteiger partial charge in [-0.3, -0.25) is 9.59 Å². The highest BCUT2D eigenvalue weighted by Crippen LogP contribution is 2.08. The molecule has 0 spiro atoms. The van der Waals surface area contributed by atoms with Gasteiger partial charge in [0.2, 0.25) is 11.8 Å². The van der Waals surface area contributed by atoms with Gasteiger partial charge in [0.1, 0.15) is 12.1 Å². The van der Waals surface area contributed by atoms with E-state index in [0.717, 1.165) is 18.4 Å². The SMILES string of the molecule is CC(C)C[C@H](NC(=O)[C@H](Cc1ccccc1)NC(=O)[C@@H](N)CCCCN)C(=O)O. The normalized spacial score (nSPS) is 14.1. The average molecular weight is 407 g/mol. The van der Waals surface area contributed by atoms with E-state index in [1.54, 1.807) is 0 Å². The Morgan fingerprint density at radius 3 is 2.17 bits per heavy atom. The van der Waals surface area contributed by atoms with Crippen LogP contribution in [0.4, 0.5) is 0 Å². The fourth-order valence-electron chi connectivity index (χ4n) is 2.94. The third kappa shape index (κ3) is 9.54. The van der Waals surface area contributed by atoms with Crippen LogP contribution in [0.5, 0.6) is 0 Å². The van der Waals surface area contributed by atoms with E-state index in [9.17, 15) is 19.5 Å². The van der Waals surface area contributed by atoms with Crippen molar-refractivity contribution >= 4 is 17.8 Å². The van der Waals surface area contributed by atoms with Crippen LogP contribution < -0.4 is 22.1 Å². The van der Waals surface area contributed by atoms with Gasteiger partial charge in [0.05, 0.1) is 6.04 Å². The Balaban J connectivity index is 2.87. The Hall–Kier alpha value is -2.45. The third-order valence-electron chi connectivity index (χ3n) is 4.54. The van der Waals surface area contributed by atoms with Crippen LogP contribution in [0.25, 0.3) is 0 Å². The quantitative estimate of drug-likeness (QED) is 0.306. The largest absolute Gasteiger partial charge is 0.480 e. The summed E-state index contributed by atoms with van der Waals surface area (Å²) in [5.41, 5.74) is 12.2. The van der Waals surface area contributed by atoms with Crippen LogP contribution in [-0.4, -0.2) is 47.6 Å². The molecule has 162 valence electrons. The number of nitrogens with one attached hydrogen (secondary N) is 2. The Morgan fingerprint density at radius 2 is 1.62 bits per heavy atom. The van der Waals surface area contributed by atoms with Gasteiger partial charge >= 0.3 is 5.97 Å². The molecule has 1 aromatic rings. The number of hydrogen-bond acceptors (Lipinski definition) is 5. The highest BCUT2D eigenvalue weighted by Gasteiger charge is 2.28. The van der Waals surface area contributed by atoms with Crippen molar-refractivity contribution < 1.29 is 19.5 Å². The smallest absolute Gasteiger partial charge is 0.326 e. The van der Waals surface area contributed by atoms with E-state index in [-0.39, 0.29) is 12.3 Å². The van der Waals surface area contributed by atoms with Crippen molar-refractivity contribution in [1.82, 2.24) is 10.6 Å². The summed E-state index contributed by atoms with van der Waals surface area (Å²) >= 11 is 0. The first-order chi connectivity index (χ1) is 13.7. The van der Waals surface area contributed by atoms with Gasteiger partial charge in [-0.05, 0) is 37.3 Å². The van der Waals surface area contributed by atoms with Crippen molar-refractivity contribution in [2.75, 3.05) is 6.54 Å². The van der Waals surface area contributed by atoms with Crippen molar-refractivity contribution in [3.63, 3.8) is 0 Å². The maximum absolute atomic E-state index is 12.8. The molecule has 0 aliphatic carbocycles. The number of benzene rings is 1. The lowest BCUT2D eigenvalue weighted by molar-refractivity contribution is -0.142. The van der Waals surface area contributed by atoms with Crippen LogP contribution in [-0.2, 0) is 20.8 Å². The average Bonchev–Trinajstić information content (AvgIpc) is 2.67. The summed E-state index contributed by atoms with van der Waals surface area (Å²) in [6.07, 6.45) is 2.49. The van der Waals surface area contributed by atoms with E-state index in [0.29, 0.717) is 19.4 Å². The van der Waals surface area contributed by atoms with Crippen LogP contribution in [0.15, 0.2) is 30.3 Å². The highest BCUT2D eigenvalue weighted by atomic mass is 16.4. The Kier molecular flexibility index (Phi) is 10.9. The number of amides is 2. The molecule has 0 aliphatic heterocycles. The van der Waals surface area contributed by atoms with Gasteiger partial charge in [-0.2, -0.15) is 0 Å². The molecule has 1 rings (SSSR count). The first-order valence-electron chi connectivity index (χ1n) is 10.1. The molecular weight excluding hydrogens is 372 g/mol. The molecule has 0 radical (unpaired) electrons. The van der Waals surface area contributed by atoms with Gasteiger partial charge in [-0.15, -0.1) is 0 Å². The van der Waals surface area contributed by atoms with Crippen LogP contribution in [0, 0.1) is 5.92 Å². The number of unbranched alkanes of at least 4 members (excludes halogenated alkanes) is 1. The summed E-state index contributed by atoms with van der Waals surface area (Å²) in [4.78, 5) is 36.8. The molecule has 2 amide bonds. The van der Waals surface area contributed by atoms with Gasteiger partial charge in [-0.1, -0.05) is 50.6 Å². The number of carboxylic acids is 1. The van der Waals surface area contributed by atoms with Crippen molar-refractivity contribution in [3.05, 3.63) is 35.9 Å². The maximum atomic E-state index is 12.8. The highest BCUT2D eigenvalue weighted by molar-refractivity contribution is 5.91. The molecule has 3 atom stereocenters. The van der Waals surface area contributed by atoms with Crippen LogP contribution in [0.2, 0.25) is 0 Å². The first-order valence-corrected chi connectivity index (χ1v) is 10.1. The predicted octanol–water partition coefficient (Wildman–Crippen LogP) is 0.786. The molecular formula is C21H34N4O4. The first kappa shape index (κ1) is 24.6. The minimum absolute atomic E-state index is 0.0922. The molecule has 29 heavy (non-hydrogen) atoms. The van der Waals surface area contributed by atoms with E-state index in [1.165, 1.54) is 0 Å². The number of carboxylic acid groups (broad SMARTS) is 1. The lowest BCUT2D eigenvalue weighted by Gasteiger charge is -2.23. The van der Waals surface area contributed by atoms with E-state index < -0.39 is 35.9 Å². The predicted molar refractivity (Wildman–Crippen MR) is 112 cm³/mol. The molecule has 0 unspecified atom stereocenters. The Labute approximate surface area is 172 Å². The standard InChI is InChI=1S/C21H34N4O4/c1-14(2)12-18(21(28)29)25-20(27)17(13-15-8-4-3-5-9-15)24-19(26)16(23)10-6-7-11-22/h3-5,8-9,14,16-18H,6-7,10-13,22-23H2,1-2H3,(H,24,26)(H,25,27)(H,28,29)/t16-,17-,18-/m0/s1. The molecule has 8 nitrogen and oxygen atoms in total. The second-order valence-electron chi connectivity index (χ2n) is 7.67. The van der Waals surface area contributed by atoms with Crippen molar-refractivity contribution in [1.29, 1.82) is 0 Å². The van der Waals surface area contributed by atoms with Gasteiger partial charge < -0.3 is 27.2 Å². The minimum atomic E-state index is -1.10. The number of rotatable bonds is 13. The van der Waals surface area contributed by atoms with Crippen LogP contribution in [0.3, 0.4) is 0 Å². The van der Waals surface area contributed by atoms with Crippen molar-refractivity contribution in [2.45, 2.75) is 64.1 Å². The molecule has 1 aromatic carbocycles. The zero-order chi connectivity index (χ0) is 21.8. The number of nitrogens with two attached hydrogens (primary N) is 2. The second-order valence-corrected chi connectivity index (χ2v) is 7.67. The van der Waals surface area contributed by atoms with Crippen LogP contribution in [0.1, 0.15) is 45.1 Å². The summed E-state index contributed by atoms with van der Waals surface area (Å²) < 4.78 is 0. The van der Waals surface area contributed by atoms with Gasteiger partial charge in [-0.25, -0.2) is 4.79 Å². The molecule has 0 heterocycles. The van der Waals surface area contributed by atoms with E-state index >= 15 is 0 Å². The van der Waals surface area contributed by atoms with Crippen molar-refractivity contribution in [2.24, 2.45) is 17.4 Å². The molecule has 0 aliphatic rings. The Morgan fingerprint density at radius 1 is 1.00 bits per heavy atom. The zero-order valence-electron chi connectivity index (χ0n) is 17.3. The third-order valence-corrected chi connectivity index (χ3v) is 4.54. The topological polar surface area (TPSA) is 148 Å². The molecule has 0 aromatic heterocycles. The summed E-state index contributed by atoms with van der Waals surface area (Å²) in [7, 11) is 0. The van der Waals surface area contributed by atoms with Gasteiger partial charge in [0, 0.05) is 6.42 Å². The number of hydrogen-bond donors (Lipinski definition) is 5. The fourth-order valence-corrected chi connectivity index (χ4v) is 2.94. The van der Waals surface area contributed by atoms with E-state index in [1.807, 2.05) is 44.2 Å². The fraction of sp³-hybridized carbons (Fsp3) is 0.571. The molecule has 0 saturated carbocycles. The number of aliphatic carboxylic acids is 1. The summed E-state index contributed by atoms with van der Waals surface area (Å²) in [5, 5.41) is 14.6. The van der Waals surface area contributed by atoms with Crippen molar-refractivity contribution in [3.8, 4) is 0 Å². The van der Waals surface area contributed by atoms with E-state index in [4.69, 9.17) is 11.5 Å². The molecule has 7 N–H and O–H groups in total. The zero-order valence-corrected chi connectivity index (χ0v) is 17.3. The lowest BCUT2D eigenvalue weighted by atomic mass is 10.0.